The third-order valence-electron chi connectivity index (χ3n) is 4.44. The van der Waals surface area contributed by atoms with Crippen molar-refractivity contribution in [2.24, 2.45) is 5.73 Å². The molecule has 1 aromatic carbocycles. The van der Waals surface area contributed by atoms with E-state index >= 15 is 0 Å². The summed E-state index contributed by atoms with van der Waals surface area (Å²) >= 11 is 12.4. The van der Waals surface area contributed by atoms with Gasteiger partial charge in [0.15, 0.2) is 0 Å². The van der Waals surface area contributed by atoms with Gasteiger partial charge >= 0.3 is 0 Å². The Balaban J connectivity index is 2.20. The van der Waals surface area contributed by atoms with Gasteiger partial charge in [0.2, 0.25) is 5.91 Å². The molecule has 1 aliphatic rings. The summed E-state index contributed by atoms with van der Waals surface area (Å²) in [5.41, 5.74) is 9.85. The lowest BCUT2D eigenvalue weighted by Gasteiger charge is -2.17. The largest absolute Gasteiger partial charge is 0.358 e. The average molecular weight is 393 g/mol. The first-order valence-electron chi connectivity index (χ1n) is 8.05. The number of rotatable bonds is 4. The van der Waals surface area contributed by atoms with Crippen molar-refractivity contribution in [2.45, 2.75) is 20.0 Å². The molecule has 0 saturated heterocycles. The predicted octanol–water partition coefficient (Wildman–Crippen LogP) is 2.52. The lowest BCUT2D eigenvalue weighted by molar-refractivity contribution is -0.121. The Labute approximate surface area is 161 Å². The number of fused-ring (bicyclic) bond motifs is 1. The summed E-state index contributed by atoms with van der Waals surface area (Å²) in [5.74, 6) is -0.500. The number of aryl methyl sites for hydroxylation is 1. The molecule has 0 saturated carbocycles. The standard InChI is InChI=1S/C18H18Cl2N4O2/c1-9-12(6-21)16(11-4-3-10(19)5-13(11)20)17-14(23-9)7-24(18(17)26)8-15(25)22-2/h3-5H,6-8,21H2,1-2H3,(H,22,25). The van der Waals surface area contributed by atoms with E-state index in [-0.39, 0.29) is 31.4 Å². The van der Waals surface area contributed by atoms with E-state index in [2.05, 4.69) is 10.3 Å². The highest BCUT2D eigenvalue weighted by molar-refractivity contribution is 6.36. The van der Waals surface area contributed by atoms with Crippen LogP contribution in [0.5, 0.6) is 0 Å². The van der Waals surface area contributed by atoms with E-state index in [1.165, 1.54) is 11.9 Å². The van der Waals surface area contributed by atoms with Crippen LogP contribution in [0.2, 0.25) is 10.0 Å². The minimum absolute atomic E-state index is 0.0313. The molecule has 2 amide bonds. The Morgan fingerprint density at radius 2 is 2.08 bits per heavy atom. The van der Waals surface area contributed by atoms with Crippen LogP contribution < -0.4 is 11.1 Å². The summed E-state index contributed by atoms with van der Waals surface area (Å²) < 4.78 is 0. The van der Waals surface area contributed by atoms with Crippen LogP contribution >= 0.6 is 23.2 Å². The maximum atomic E-state index is 13.0. The number of hydrogen-bond donors (Lipinski definition) is 2. The van der Waals surface area contributed by atoms with Gasteiger partial charge in [-0.2, -0.15) is 0 Å². The highest BCUT2D eigenvalue weighted by Crippen LogP contribution is 2.39. The Hall–Kier alpha value is -2.15. The van der Waals surface area contributed by atoms with Crippen LogP contribution in [-0.2, 0) is 17.9 Å². The molecular formula is C18H18Cl2N4O2. The van der Waals surface area contributed by atoms with Crippen LogP contribution in [0.1, 0.15) is 27.3 Å². The number of pyridine rings is 1. The van der Waals surface area contributed by atoms with Gasteiger partial charge in [0.1, 0.15) is 6.54 Å². The Bertz CT molecular complexity index is 915. The zero-order valence-corrected chi connectivity index (χ0v) is 15.9. The molecule has 26 heavy (non-hydrogen) atoms. The maximum absolute atomic E-state index is 13.0. The normalized spacial score (nSPS) is 13.1. The molecule has 0 atom stereocenters. The SMILES string of the molecule is CNC(=O)CN1Cc2nc(C)c(CN)c(-c3ccc(Cl)cc3Cl)c2C1=O. The number of likely N-dealkylation sites (N-methyl/N-ethyl adjacent to an activating group) is 1. The maximum Gasteiger partial charge on any atom is 0.257 e. The van der Waals surface area contributed by atoms with Gasteiger partial charge in [-0.3, -0.25) is 14.6 Å². The van der Waals surface area contributed by atoms with Crippen LogP contribution in [0.4, 0.5) is 0 Å². The molecule has 2 aromatic rings. The van der Waals surface area contributed by atoms with Gasteiger partial charge in [-0.05, 0) is 24.6 Å². The minimum atomic E-state index is -0.258. The van der Waals surface area contributed by atoms with Crippen molar-refractivity contribution in [3.8, 4) is 11.1 Å². The van der Waals surface area contributed by atoms with Crippen LogP contribution in [0, 0.1) is 6.92 Å². The Kier molecular flexibility index (Phi) is 5.18. The zero-order chi connectivity index (χ0) is 19.0. The van der Waals surface area contributed by atoms with Crippen LogP contribution in [0.15, 0.2) is 18.2 Å². The van der Waals surface area contributed by atoms with Gasteiger partial charge in [0.25, 0.3) is 5.91 Å². The highest BCUT2D eigenvalue weighted by atomic mass is 35.5. The van der Waals surface area contributed by atoms with E-state index < -0.39 is 0 Å². The lowest BCUT2D eigenvalue weighted by Crippen LogP contribution is -2.35. The monoisotopic (exact) mass is 392 g/mol. The van der Waals surface area contributed by atoms with Crippen LogP contribution in [0.3, 0.4) is 0 Å². The predicted molar refractivity (Wildman–Crippen MR) is 101 cm³/mol. The van der Waals surface area contributed by atoms with Gasteiger partial charge in [0, 0.05) is 40.5 Å². The topological polar surface area (TPSA) is 88.3 Å². The number of aromatic nitrogens is 1. The third kappa shape index (κ3) is 3.16. The molecule has 0 radical (unpaired) electrons. The molecule has 1 aromatic heterocycles. The summed E-state index contributed by atoms with van der Waals surface area (Å²) in [7, 11) is 1.53. The Morgan fingerprint density at radius 3 is 2.69 bits per heavy atom. The molecule has 0 fully saturated rings. The fourth-order valence-corrected chi connectivity index (χ4v) is 3.68. The van der Waals surface area contributed by atoms with Gasteiger partial charge in [-0.25, -0.2) is 0 Å². The number of nitrogens with two attached hydrogens (primary N) is 1. The molecule has 1 aliphatic heterocycles. The molecule has 3 N–H and O–H groups in total. The van der Waals surface area contributed by atoms with Gasteiger partial charge in [-0.1, -0.05) is 29.3 Å². The molecule has 6 nitrogen and oxygen atoms in total. The van der Waals surface area contributed by atoms with Crippen molar-refractivity contribution in [3.63, 3.8) is 0 Å². The molecule has 3 rings (SSSR count). The van der Waals surface area contributed by atoms with Crippen molar-refractivity contribution in [1.82, 2.24) is 15.2 Å². The van der Waals surface area contributed by atoms with Gasteiger partial charge < -0.3 is 16.0 Å². The summed E-state index contributed by atoms with van der Waals surface area (Å²) in [4.78, 5) is 30.7. The fourth-order valence-electron chi connectivity index (χ4n) is 3.18. The number of nitrogens with one attached hydrogen (secondary N) is 1. The van der Waals surface area contributed by atoms with E-state index in [0.29, 0.717) is 32.4 Å². The average Bonchev–Trinajstić information content (AvgIpc) is 2.89. The smallest absolute Gasteiger partial charge is 0.257 e. The first-order chi connectivity index (χ1) is 12.4. The summed E-state index contributed by atoms with van der Waals surface area (Å²) in [6.45, 7) is 2.30. The van der Waals surface area contributed by atoms with Crippen molar-refractivity contribution >= 4 is 35.0 Å². The van der Waals surface area contributed by atoms with E-state index in [4.69, 9.17) is 28.9 Å². The van der Waals surface area contributed by atoms with Crippen molar-refractivity contribution in [2.75, 3.05) is 13.6 Å². The quantitative estimate of drug-likeness (QED) is 0.836. The molecule has 0 bridgehead atoms. The minimum Gasteiger partial charge on any atom is -0.358 e. The summed E-state index contributed by atoms with van der Waals surface area (Å²) in [6.07, 6.45) is 0. The number of nitrogens with zero attached hydrogens (tertiary/aromatic N) is 2. The molecule has 8 heteroatoms. The number of amides is 2. The molecule has 136 valence electrons. The summed E-state index contributed by atoms with van der Waals surface area (Å²) in [6, 6.07) is 5.11. The first kappa shape index (κ1) is 18.6. The molecule has 0 spiro atoms. The summed E-state index contributed by atoms with van der Waals surface area (Å²) in [5, 5.41) is 3.46. The second kappa shape index (κ2) is 7.23. The molecule has 2 heterocycles. The van der Waals surface area contributed by atoms with Crippen molar-refractivity contribution in [3.05, 3.63) is 50.8 Å². The zero-order valence-electron chi connectivity index (χ0n) is 14.4. The van der Waals surface area contributed by atoms with Gasteiger partial charge in [0.05, 0.1) is 17.8 Å². The van der Waals surface area contributed by atoms with E-state index in [0.717, 1.165) is 11.3 Å². The van der Waals surface area contributed by atoms with Crippen molar-refractivity contribution in [1.29, 1.82) is 0 Å². The van der Waals surface area contributed by atoms with Crippen LogP contribution in [0.25, 0.3) is 11.1 Å². The number of hydrogen-bond acceptors (Lipinski definition) is 4. The number of carbonyl (C=O) groups excluding carboxylic acids is 2. The van der Waals surface area contributed by atoms with E-state index in [1.807, 2.05) is 6.92 Å². The third-order valence-corrected chi connectivity index (χ3v) is 4.99. The molecular weight excluding hydrogens is 375 g/mol. The second-order valence-electron chi connectivity index (χ2n) is 6.04. The first-order valence-corrected chi connectivity index (χ1v) is 8.80. The second-order valence-corrected chi connectivity index (χ2v) is 6.88. The van der Waals surface area contributed by atoms with Crippen LogP contribution in [-0.4, -0.2) is 35.3 Å². The number of benzene rings is 1. The van der Waals surface area contributed by atoms with E-state index in [1.54, 1.807) is 18.2 Å². The molecule has 0 unspecified atom stereocenters. The lowest BCUT2D eigenvalue weighted by atomic mass is 9.93. The van der Waals surface area contributed by atoms with Gasteiger partial charge in [-0.15, -0.1) is 0 Å². The fraction of sp³-hybridized carbons (Fsp3) is 0.278. The van der Waals surface area contributed by atoms with Crippen molar-refractivity contribution < 1.29 is 9.59 Å². The highest BCUT2D eigenvalue weighted by Gasteiger charge is 2.35. The Morgan fingerprint density at radius 1 is 1.35 bits per heavy atom. The molecule has 0 aliphatic carbocycles. The van der Waals surface area contributed by atoms with E-state index in [9.17, 15) is 9.59 Å². The number of carbonyl (C=O) groups is 2. The number of halogens is 2.